The summed E-state index contributed by atoms with van der Waals surface area (Å²) in [4.78, 5) is 20.3. The molecule has 0 saturated heterocycles. The molecule has 0 aliphatic heterocycles. The number of amides is 1. The topological polar surface area (TPSA) is 75.1 Å². The summed E-state index contributed by atoms with van der Waals surface area (Å²) in [6.07, 6.45) is 4.33. The Kier molecular flexibility index (Phi) is 3.69. The molecule has 0 bridgehead atoms. The number of thiophene rings is 1. The van der Waals surface area contributed by atoms with Gasteiger partial charge in [-0.05, 0) is 18.4 Å². The van der Waals surface area contributed by atoms with Crippen LogP contribution < -0.4 is 5.32 Å². The van der Waals surface area contributed by atoms with Gasteiger partial charge < -0.3 is 10.4 Å². The van der Waals surface area contributed by atoms with E-state index in [0.717, 1.165) is 4.88 Å². The fraction of sp³-hybridized carbons (Fsp3) is 0.250. The van der Waals surface area contributed by atoms with Gasteiger partial charge in [-0.25, -0.2) is 4.98 Å². The van der Waals surface area contributed by atoms with Crippen LogP contribution in [0.1, 0.15) is 22.3 Å². The quantitative estimate of drug-likeness (QED) is 0.868. The number of nitrogens with one attached hydrogen (secondary N) is 1. The molecule has 18 heavy (non-hydrogen) atoms. The fourth-order valence-electron chi connectivity index (χ4n) is 1.43. The summed E-state index contributed by atoms with van der Waals surface area (Å²) in [7, 11) is 0. The Morgan fingerprint density at radius 2 is 2.39 bits per heavy atom. The van der Waals surface area contributed by atoms with Crippen molar-refractivity contribution in [1.82, 2.24) is 15.3 Å². The second-order valence-corrected chi connectivity index (χ2v) is 4.97. The second kappa shape index (κ2) is 5.24. The number of nitrogens with zero attached hydrogens (tertiary/aromatic N) is 2. The van der Waals surface area contributed by atoms with Gasteiger partial charge in [-0.3, -0.25) is 9.78 Å². The summed E-state index contributed by atoms with van der Waals surface area (Å²) < 4.78 is 0. The van der Waals surface area contributed by atoms with Gasteiger partial charge in [0.25, 0.3) is 5.91 Å². The molecule has 94 valence electrons. The summed E-state index contributed by atoms with van der Waals surface area (Å²) in [5.41, 5.74) is -0.842. The minimum Gasteiger partial charge on any atom is -0.383 e. The fourth-order valence-corrected chi connectivity index (χ4v) is 2.22. The van der Waals surface area contributed by atoms with E-state index in [1.807, 2.05) is 17.5 Å². The van der Waals surface area contributed by atoms with Gasteiger partial charge in [-0.15, -0.1) is 11.3 Å². The number of carbonyl (C=O) groups excluding carboxylic acids is 1. The molecule has 1 atom stereocenters. The van der Waals surface area contributed by atoms with Gasteiger partial charge >= 0.3 is 0 Å². The maximum Gasteiger partial charge on any atom is 0.271 e. The van der Waals surface area contributed by atoms with Gasteiger partial charge in [0.05, 0.1) is 12.7 Å². The van der Waals surface area contributed by atoms with Crippen molar-refractivity contribution in [2.45, 2.75) is 12.5 Å². The highest BCUT2D eigenvalue weighted by molar-refractivity contribution is 7.10. The molecule has 0 saturated carbocycles. The molecule has 5 nitrogen and oxygen atoms in total. The van der Waals surface area contributed by atoms with Crippen molar-refractivity contribution in [3.05, 3.63) is 46.7 Å². The Labute approximate surface area is 109 Å². The smallest absolute Gasteiger partial charge is 0.271 e. The van der Waals surface area contributed by atoms with Gasteiger partial charge in [0.2, 0.25) is 0 Å². The van der Waals surface area contributed by atoms with Crippen LogP contribution in [0.3, 0.4) is 0 Å². The number of hydrogen-bond acceptors (Lipinski definition) is 5. The summed E-state index contributed by atoms with van der Waals surface area (Å²) >= 11 is 1.45. The lowest BCUT2D eigenvalue weighted by Crippen LogP contribution is -2.38. The van der Waals surface area contributed by atoms with E-state index in [9.17, 15) is 9.90 Å². The minimum atomic E-state index is -1.08. The van der Waals surface area contributed by atoms with Crippen LogP contribution in [0.2, 0.25) is 0 Å². The molecule has 0 fully saturated rings. The first-order valence-electron chi connectivity index (χ1n) is 5.40. The zero-order chi connectivity index (χ0) is 13.0. The number of carbonyl (C=O) groups is 1. The van der Waals surface area contributed by atoms with Crippen molar-refractivity contribution in [1.29, 1.82) is 0 Å². The molecule has 2 rings (SSSR count). The molecule has 0 aromatic carbocycles. The van der Waals surface area contributed by atoms with Crippen LogP contribution in [-0.4, -0.2) is 27.5 Å². The first-order valence-corrected chi connectivity index (χ1v) is 6.28. The zero-order valence-corrected chi connectivity index (χ0v) is 10.6. The van der Waals surface area contributed by atoms with E-state index < -0.39 is 5.60 Å². The van der Waals surface area contributed by atoms with Crippen LogP contribution in [0, 0.1) is 0 Å². The summed E-state index contributed by atoms with van der Waals surface area (Å²) in [6.45, 7) is 1.79. The molecule has 0 spiro atoms. The summed E-state index contributed by atoms with van der Waals surface area (Å²) in [5.74, 6) is -0.347. The van der Waals surface area contributed by atoms with E-state index >= 15 is 0 Å². The standard InChI is InChI=1S/C12H13N3O2S/c1-12(17,10-3-2-6-18-10)8-15-11(16)9-7-13-4-5-14-9/h2-7,17H,8H2,1H3,(H,15,16)/t12-/m0/s1. The van der Waals surface area contributed by atoms with E-state index in [4.69, 9.17) is 0 Å². The molecule has 0 radical (unpaired) electrons. The lowest BCUT2D eigenvalue weighted by molar-refractivity contribution is 0.0555. The van der Waals surface area contributed by atoms with Crippen molar-refractivity contribution in [2.24, 2.45) is 0 Å². The zero-order valence-electron chi connectivity index (χ0n) is 9.83. The highest BCUT2D eigenvalue weighted by atomic mass is 32.1. The number of aromatic nitrogens is 2. The monoisotopic (exact) mass is 263 g/mol. The maximum absolute atomic E-state index is 11.7. The second-order valence-electron chi connectivity index (χ2n) is 4.02. The number of hydrogen-bond donors (Lipinski definition) is 2. The Morgan fingerprint density at radius 1 is 1.56 bits per heavy atom. The molecule has 0 unspecified atom stereocenters. The number of aliphatic hydroxyl groups is 1. The average molecular weight is 263 g/mol. The predicted octanol–water partition coefficient (Wildman–Crippen LogP) is 1.18. The summed E-state index contributed by atoms with van der Waals surface area (Å²) in [6, 6.07) is 3.69. The van der Waals surface area contributed by atoms with Gasteiger partial charge in [0, 0.05) is 17.3 Å². The van der Waals surface area contributed by atoms with E-state index in [-0.39, 0.29) is 18.1 Å². The third-order valence-electron chi connectivity index (χ3n) is 2.44. The van der Waals surface area contributed by atoms with Crippen molar-refractivity contribution >= 4 is 17.2 Å². The Hall–Kier alpha value is -1.79. The van der Waals surface area contributed by atoms with Crippen LogP contribution in [0.4, 0.5) is 0 Å². The van der Waals surface area contributed by atoms with Gasteiger partial charge in [-0.2, -0.15) is 0 Å². The van der Waals surface area contributed by atoms with E-state index in [0.29, 0.717) is 0 Å². The molecular weight excluding hydrogens is 250 g/mol. The first kappa shape index (κ1) is 12.7. The normalized spacial score (nSPS) is 13.9. The van der Waals surface area contributed by atoms with Crippen molar-refractivity contribution in [3.63, 3.8) is 0 Å². The van der Waals surface area contributed by atoms with Crippen LogP contribution in [0.25, 0.3) is 0 Å². The molecule has 0 aliphatic rings. The highest BCUT2D eigenvalue weighted by Gasteiger charge is 2.25. The Morgan fingerprint density at radius 3 is 3.00 bits per heavy atom. The average Bonchev–Trinajstić information content (AvgIpc) is 2.92. The van der Waals surface area contributed by atoms with E-state index in [2.05, 4.69) is 15.3 Å². The van der Waals surface area contributed by atoms with Crippen LogP contribution in [-0.2, 0) is 5.60 Å². The van der Waals surface area contributed by atoms with Crippen LogP contribution >= 0.6 is 11.3 Å². The highest BCUT2D eigenvalue weighted by Crippen LogP contribution is 2.24. The molecule has 6 heteroatoms. The number of rotatable bonds is 4. The summed E-state index contributed by atoms with van der Waals surface area (Å²) in [5, 5.41) is 14.8. The minimum absolute atomic E-state index is 0.128. The SMILES string of the molecule is C[C@](O)(CNC(=O)c1cnccn1)c1cccs1. The molecule has 1 amide bonds. The van der Waals surface area contributed by atoms with E-state index in [1.54, 1.807) is 6.92 Å². The van der Waals surface area contributed by atoms with Crippen molar-refractivity contribution in [2.75, 3.05) is 6.54 Å². The van der Waals surface area contributed by atoms with Gasteiger partial charge in [0.15, 0.2) is 0 Å². The molecule has 2 heterocycles. The molecule has 2 aromatic rings. The van der Waals surface area contributed by atoms with Gasteiger partial charge in [-0.1, -0.05) is 6.07 Å². The lowest BCUT2D eigenvalue weighted by atomic mass is 10.1. The van der Waals surface area contributed by atoms with Crippen molar-refractivity contribution < 1.29 is 9.90 Å². The van der Waals surface area contributed by atoms with Crippen LogP contribution in [0.15, 0.2) is 36.1 Å². The molecule has 0 aliphatic carbocycles. The largest absolute Gasteiger partial charge is 0.383 e. The van der Waals surface area contributed by atoms with Crippen molar-refractivity contribution in [3.8, 4) is 0 Å². The van der Waals surface area contributed by atoms with Gasteiger partial charge in [0.1, 0.15) is 11.3 Å². The maximum atomic E-state index is 11.7. The lowest BCUT2D eigenvalue weighted by Gasteiger charge is -2.22. The third-order valence-corrected chi connectivity index (χ3v) is 3.56. The first-order chi connectivity index (χ1) is 8.59. The Balaban J connectivity index is 1.98. The molecular formula is C12H13N3O2S. The van der Waals surface area contributed by atoms with E-state index in [1.165, 1.54) is 29.9 Å². The van der Waals surface area contributed by atoms with Crippen LogP contribution in [0.5, 0.6) is 0 Å². The third kappa shape index (κ3) is 2.91. The predicted molar refractivity (Wildman–Crippen MR) is 68.3 cm³/mol. The molecule has 2 N–H and O–H groups in total. The Bertz CT molecular complexity index is 511. The molecule has 2 aromatic heterocycles.